The molecule has 0 unspecified atom stereocenters. The van der Waals surface area contributed by atoms with Crippen molar-refractivity contribution in [3.8, 4) is 0 Å². The molecule has 0 bridgehead atoms. The molecule has 1 amide bonds. The highest BCUT2D eigenvalue weighted by Crippen LogP contribution is 2.36. The number of amides is 1. The highest BCUT2D eigenvalue weighted by Gasteiger charge is 2.52. The second kappa shape index (κ2) is 5.06. The second-order valence-corrected chi connectivity index (χ2v) is 7.24. The van der Waals surface area contributed by atoms with E-state index < -0.39 is 18.3 Å². The van der Waals surface area contributed by atoms with E-state index >= 15 is 0 Å². The van der Waals surface area contributed by atoms with E-state index in [0.29, 0.717) is 11.6 Å². The van der Waals surface area contributed by atoms with Crippen molar-refractivity contribution in [1.82, 2.24) is 10.3 Å². The molecule has 0 spiro atoms. The molecular weight excluding hydrogens is 279 g/mol. The zero-order valence-corrected chi connectivity index (χ0v) is 13.9. The van der Waals surface area contributed by atoms with Gasteiger partial charge in [-0.2, -0.15) is 0 Å². The molecule has 1 N–H and O–H groups in total. The van der Waals surface area contributed by atoms with Gasteiger partial charge in [-0.3, -0.25) is 9.78 Å². The summed E-state index contributed by atoms with van der Waals surface area (Å²) in [6.45, 7) is 9.88. The van der Waals surface area contributed by atoms with Gasteiger partial charge in [0.1, 0.15) is 0 Å². The summed E-state index contributed by atoms with van der Waals surface area (Å²) in [7, 11) is -0.495. The quantitative estimate of drug-likeness (QED) is 0.861. The summed E-state index contributed by atoms with van der Waals surface area (Å²) in [6, 6.07) is 2.16. The molecule has 1 saturated carbocycles. The zero-order chi connectivity index (χ0) is 16.1. The molecule has 22 heavy (non-hydrogen) atoms. The molecule has 1 aliphatic heterocycles. The van der Waals surface area contributed by atoms with Gasteiger partial charge in [0, 0.05) is 23.4 Å². The van der Waals surface area contributed by atoms with Crippen molar-refractivity contribution in [3.05, 3.63) is 23.5 Å². The second-order valence-electron chi connectivity index (χ2n) is 7.24. The number of nitrogens with one attached hydrogen (secondary N) is 1. The lowest BCUT2D eigenvalue weighted by atomic mass is 9.79. The number of pyridine rings is 1. The predicted octanol–water partition coefficient (Wildman–Crippen LogP) is 1.58. The Morgan fingerprint density at radius 3 is 2.41 bits per heavy atom. The van der Waals surface area contributed by atoms with E-state index in [1.165, 1.54) is 0 Å². The van der Waals surface area contributed by atoms with Crippen LogP contribution in [0.1, 0.15) is 56.6 Å². The van der Waals surface area contributed by atoms with Gasteiger partial charge in [0.25, 0.3) is 5.91 Å². The fourth-order valence-electron chi connectivity index (χ4n) is 2.38. The summed E-state index contributed by atoms with van der Waals surface area (Å²) < 4.78 is 12.0. The lowest BCUT2D eigenvalue weighted by Gasteiger charge is -2.32. The minimum absolute atomic E-state index is 0.0640. The van der Waals surface area contributed by atoms with Crippen molar-refractivity contribution >= 4 is 18.5 Å². The maximum Gasteiger partial charge on any atom is 0.496 e. The number of nitrogens with zero attached hydrogens (tertiary/aromatic N) is 1. The summed E-state index contributed by atoms with van der Waals surface area (Å²) in [5.41, 5.74) is 1.29. The largest absolute Gasteiger partial charge is 0.496 e. The number of carbonyl (C=O) groups is 1. The van der Waals surface area contributed by atoms with Crippen molar-refractivity contribution in [2.45, 2.75) is 64.7 Å². The Labute approximate surface area is 131 Å². The van der Waals surface area contributed by atoms with Gasteiger partial charge in [0.05, 0.1) is 16.8 Å². The molecule has 1 saturated heterocycles. The maximum atomic E-state index is 12.3. The Morgan fingerprint density at radius 1 is 1.27 bits per heavy atom. The van der Waals surface area contributed by atoms with Crippen molar-refractivity contribution in [2.24, 2.45) is 0 Å². The number of rotatable bonds is 3. The molecule has 0 radical (unpaired) electrons. The molecule has 0 atom stereocenters. The average Bonchev–Trinajstić information content (AvgIpc) is 3.17. The van der Waals surface area contributed by atoms with Crippen molar-refractivity contribution in [3.63, 3.8) is 0 Å². The van der Waals surface area contributed by atoms with Crippen molar-refractivity contribution in [1.29, 1.82) is 0 Å². The van der Waals surface area contributed by atoms with Crippen LogP contribution in [0.5, 0.6) is 0 Å². The highest BCUT2D eigenvalue weighted by atomic mass is 16.7. The first kappa shape index (κ1) is 15.5. The first-order valence-electron chi connectivity index (χ1n) is 7.83. The summed E-state index contributed by atoms with van der Waals surface area (Å²) in [5, 5.41) is 3.00. The van der Waals surface area contributed by atoms with Crippen LogP contribution < -0.4 is 10.8 Å². The van der Waals surface area contributed by atoms with E-state index in [-0.39, 0.29) is 5.91 Å². The molecule has 1 aliphatic carbocycles. The third-order valence-electron chi connectivity index (χ3n) is 4.79. The predicted molar refractivity (Wildman–Crippen MR) is 85.2 cm³/mol. The molecule has 1 aromatic rings. The monoisotopic (exact) mass is 302 g/mol. The molecule has 6 heteroatoms. The van der Waals surface area contributed by atoms with Gasteiger partial charge in [-0.1, -0.05) is 0 Å². The van der Waals surface area contributed by atoms with E-state index in [4.69, 9.17) is 9.31 Å². The topological polar surface area (TPSA) is 60.5 Å². The number of hydrogen-bond donors (Lipinski definition) is 1. The van der Waals surface area contributed by atoms with Gasteiger partial charge in [-0.15, -0.1) is 0 Å². The summed E-state index contributed by atoms with van der Waals surface area (Å²) in [6.07, 6.45) is 3.86. The van der Waals surface area contributed by atoms with E-state index in [9.17, 15) is 4.79 Å². The minimum atomic E-state index is -0.495. The van der Waals surface area contributed by atoms with E-state index in [0.717, 1.165) is 24.0 Å². The van der Waals surface area contributed by atoms with E-state index in [1.54, 1.807) is 6.20 Å². The summed E-state index contributed by atoms with van der Waals surface area (Å²) in [5.74, 6) is -0.0640. The third kappa shape index (κ3) is 2.77. The number of hydrogen-bond acceptors (Lipinski definition) is 4. The van der Waals surface area contributed by atoms with Crippen molar-refractivity contribution < 1.29 is 14.1 Å². The van der Waals surface area contributed by atoms with Crippen molar-refractivity contribution in [2.75, 3.05) is 0 Å². The molecule has 2 aliphatic rings. The number of aryl methyl sites for hydroxylation is 1. The van der Waals surface area contributed by atoms with E-state index in [1.807, 2.05) is 40.7 Å². The molecule has 2 fully saturated rings. The normalized spacial score (nSPS) is 22.7. The molecular formula is C16H23BN2O3. The van der Waals surface area contributed by atoms with Crippen LogP contribution in [0.2, 0.25) is 0 Å². The Hall–Kier alpha value is -1.40. The molecule has 3 rings (SSSR count). The van der Waals surface area contributed by atoms with Gasteiger partial charge < -0.3 is 14.6 Å². The molecule has 2 heterocycles. The standard InChI is InChI=1S/C16H23BN2O3/c1-10-13(14(20)19-12-6-7-12)8-11(9-18-10)17-21-15(2,3)16(4,5)22-17/h8-9,12H,6-7H2,1-5H3,(H,19,20). The Kier molecular flexibility index (Phi) is 3.57. The van der Waals surface area contributed by atoms with Gasteiger partial charge >= 0.3 is 7.12 Å². The summed E-state index contributed by atoms with van der Waals surface area (Å²) >= 11 is 0. The first-order valence-corrected chi connectivity index (χ1v) is 7.83. The fraction of sp³-hybridized carbons (Fsp3) is 0.625. The van der Waals surface area contributed by atoms with Crippen LogP contribution in [-0.4, -0.2) is 35.3 Å². The maximum absolute atomic E-state index is 12.3. The van der Waals surface area contributed by atoms with Gasteiger partial charge in [0.2, 0.25) is 0 Å². The lowest BCUT2D eigenvalue weighted by Crippen LogP contribution is -2.41. The fourth-order valence-corrected chi connectivity index (χ4v) is 2.38. The van der Waals surface area contributed by atoms with Crippen LogP contribution >= 0.6 is 0 Å². The SMILES string of the molecule is Cc1ncc(B2OC(C)(C)C(C)(C)O2)cc1C(=O)NC1CC1. The van der Waals surface area contributed by atoms with Crippen LogP contribution in [0.4, 0.5) is 0 Å². The van der Waals surface area contributed by atoms with Crippen LogP contribution in [0.15, 0.2) is 12.3 Å². The Balaban J connectivity index is 1.85. The Morgan fingerprint density at radius 2 is 1.86 bits per heavy atom. The lowest BCUT2D eigenvalue weighted by molar-refractivity contribution is 0.00578. The molecule has 1 aromatic heterocycles. The smallest absolute Gasteiger partial charge is 0.399 e. The van der Waals surface area contributed by atoms with Crippen LogP contribution in [0.25, 0.3) is 0 Å². The Bertz CT molecular complexity index is 595. The minimum Gasteiger partial charge on any atom is -0.399 e. The number of aromatic nitrogens is 1. The first-order chi connectivity index (χ1) is 10.2. The van der Waals surface area contributed by atoms with Gasteiger partial charge in [-0.25, -0.2) is 0 Å². The zero-order valence-electron chi connectivity index (χ0n) is 13.9. The average molecular weight is 302 g/mol. The van der Waals surface area contributed by atoms with Crippen LogP contribution in [0, 0.1) is 6.92 Å². The van der Waals surface area contributed by atoms with Gasteiger partial charge in [0.15, 0.2) is 0 Å². The molecule has 118 valence electrons. The summed E-state index contributed by atoms with van der Waals surface area (Å²) in [4.78, 5) is 16.7. The third-order valence-corrected chi connectivity index (χ3v) is 4.79. The molecule has 0 aromatic carbocycles. The van der Waals surface area contributed by atoms with Crippen LogP contribution in [0.3, 0.4) is 0 Å². The number of carbonyl (C=O) groups excluding carboxylic acids is 1. The van der Waals surface area contributed by atoms with Gasteiger partial charge in [-0.05, 0) is 53.5 Å². The van der Waals surface area contributed by atoms with E-state index in [2.05, 4.69) is 10.3 Å². The highest BCUT2D eigenvalue weighted by molar-refractivity contribution is 6.62. The van der Waals surface area contributed by atoms with Crippen LogP contribution in [-0.2, 0) is 9.31 Å². The molecule has 5 nitrogen and oxygen atoms in total.